The number of carbonyl (C=O) groups is 2. The standard InChI is InChI=1S/C27H23ClN2O3S/c1-30(26(33)19(16-25(31)32)15-18-9-3-2-4-10-18)27-29-24(17-34-27)22-13-6-5-11-20(22)21-12-7-8-14-23(21)28/h2-14,17,19H,15-16H2,1H3,(H,31,32). The van der Waals surface area contributed by atoms with E-state index in [0.29, 0.717) is 16.6 Å². The Morgan fingerprint density at radius 2 is 1.56 bits per heavy atom. The highest BCUT2D eigenvalue weighted by molar-refractivity contribution is 7.14. The van der Waals surface area contributed by atoms with Gasteiger partial charge < -0.3 is 5.11 Å². The van der Waals surface area contributed by atoms with Gasteiger partial charge in [0.2, 0.25) is 5.91 Å². The lowest BCUT2D eigenvalue weighted by Crippen LogP contribution is -2.35. The van der Waals surface area contributed by atoms with Gasteiger partial charge >= 0.3 is 5.97 Å². The Bertz CT molecular complexity index is 1310. The number of carbonyl (C=O) groups excluding carboxylic acids is 1. The number of rotatable bonds is 8. The lowest BCUT2D eigenvalue weighted by Gasteiger charge is -2.21. The minimum absolute atomic E-state index is 0.244. The summed E-state index contributed by atoms with van der Waals surface area (Å²) in [4.78, 5) is 30.9. The van der Waals surface area contributed by atoms with Gasteiger partial charge in [-0.25, -0.2) is 4.98 Å². The molecule has 34 heavy (non-hydrogen) atoms. The van der Waals surface area contributed by atoms with Crippen molar-refractivity contribution in [3.05, 3.63) is 94.8 Å². The molecule has 1 heterocycles. The van der Waals surface area contributed by atoms with Gasteiger partial charge in [-0.05, 0) is 23.6 Å². The number of aliphatic carboxylic acids is 1. The number of nitrogens with zero attached hydrogens (tertiary/aromatic N) is 2. The monoisotopic (exact) mass is 490 g/mol. The number of aromatic nitrogens is 1. The zero-order valence-corrected chi connectivity index (χ0v) is 20.1. The summed E-state index contributed by atoms with van der Waals surface area (Å²) in [7, 11) is 1.64. The molecule has 7 heteroatoms. The molecule has 5 nitrogen and oxygen atoms in total. The quantitative estimate of drug-likeness (QED) is 0.309. The van der Waals surface area contributed by atoms with Crippen molar-refractivity contribution in [1.29, 1.82) is 0 Å². The van der Waals surface area contributed by atoms with E-state index in [4.69, 9.17) is 16.6 Å². The molecule has 0 fully saturated rings. The average Bonchev–Trinajstić information content (AvgIpc) is 3.34. The first-order chi connectivity index (χ1) is 16.4. The Morgan fingerprint density at radius 1 is 0.941 bits per heavy atom. The fourth-order valence-corrected chi connectivity index (χ4v) is 4.92. The fourth-order valence-electron chi connectivity index (χ4n) is 3.89. The number of carboxylic acids is 1. The molecule has 0 aliphatic carbocycles. The number of anilines is 1. The minimum atomic E-state index is -1.00. The molecule has 1 amide bonds. The van der Waals surface area contributed by atoms with Crippen LogP contribution in [0, 0.1) is 5.92 Å². The van der Waals surface area contributed by atoms with Gasteiger partial charge in [0.25, 0.3) is 0 Å². The van der Waals surface area contributed by atoms with Gasteiger partial charge in [-0.3, -0.25) is 14.5 Å². The fraction of sp³-hybridized carbons (Fsp3) is 0.148. The second-order valence-corrected chi connectivity index (χ2v) is 9.17. The third kappa shape index (κ3) is 5.35. The highest BCUT2D eigenvalue weighted by atomic mass is 35.5. The Balaban J connectivity index is 1.61. The van der Waals surface area contributed by atoms with E-state index >= 15 is 0 Å². The number of hydrogen-bond acceptors (Lipinski definition) is 4. The summed E-state index contributed by atoms with van der Waals surface area (Å²) in [5.74, 6) is -1.96. The van der Waals surface area contributed by atoms with Crippen molar-refractivity contribution >= 4 is 39.9 Å². The van der Waals surface area contributed by atoms with Gasteiger partial charge in [0.05, 0.1) is 18.0 Å². The average molecular weight is 491 g/mol. The van der Waals surface area contributed by atoms with Crippen molar-refractivity contribution in [2.45, 2.75) is 12.8 Å². The van der Waals surface area contributed by atoms with Gasteiger partial charge in [0.15, 0.2) is 5.13 Å². The van der Waals surface area contributed by atoms with E-state index in [2.05, 4.69) is 0 Å². The summed E-state index contributed by atoms with van der Waals surface area (Å²) in [5.41, 5.74) is 4.41. The molecule has 1 atom stereocenters. The third-order valence-corrected chi connectivity index (χ3v) is 6.82. The van der Waals surface area contributed by atoms with Gasteiger partial charge in [-0.2, -0.15) is 0 Å². The topological polar surface area (TPSA) is 70.5 Å². The summed E-state index contributed by atoms with van der Waals surface area (Å²) in [6, 6.07) is 24.9. The number of amides is 1. The molecule has 0 radical (unpaired) electrons. The van der Waals surface area contributed by atoms with Gasteiger partial charge in [0.1, 0.15) is 0 Å². The predicted molar refractivity (Wildman–Crippen MR) is 137 cm³/mol. The number of halogens is 1. The van der Waals surface area contributed by atoms with Crippen molar-refractivity contribution in [2.24, 2.45) is 5.92 Å². The molecule has 1 N–H and O–H groups in total. The largest absolute Gasteiger partial charge is 0.481 e. The molecule has 3 aromatic carbocycles. The van der Waals surface area contributed by atoms with Gasteiger partial charge in [-0.1, -0.05) is 84.4 Å². The summed E-state index contributed by atoms with van der Waals surface area (Å²) >= 11 is 7.78. The van der Waals surface area contributed by atoms with E-state index in [1.54, 1.807) is 7.05 Å². The van der Waals surface area contributed by atoms with Crippen LogP contribution in [0.3, 0.4) is 0 Å². The molecule has 0 spiro atoms. The number of thiazole rings is 1. The summed E-state index contributed by atoms with van der Waals surface area (Å²) in [6.45, 7) is 0. The van der Waals surface area contributed by atoms with Crippen molar-refractivity contribution in [2.75, 3.05) is 11.9 Å². The first-order valence-electron chi connectivity index (χ1n) is 10.8. The maximum atomic E-state index is 13.3. The summed E-state index contributed by atoms with van der Waals surface area (Å²) < 4.78 is 0. The molecule has 4 aromatic rings. The van der Waals surface area contributed by atoms with Crippen LogP contribution in [-0.2, 0) is 16.0 Å². The Hall–Kier alpha value is -3.48. The molecule has 0 saturated carbocycles. The van der Waals surface area contributed by atoms with Gasteiger partial charge in [-0.15, -0.1) is 11.3 Å². The minimum Gasteiger partial charge on any atom is -0.481 e. The molecule has 0 aliphatic heterocycles. The van der Waals surface area contributed by atoms with E-state index in [0.717, 1.165) is 27.9 Å². The van der Waals surface area contributed by atoms with Crippen molar-refractivity contribution < 1.29 is 14.7 Å². The number of benzene rings is 3. The molecule has 4 rings (SSSR count). The van der Waals surface area contributed by atoms with Crippen LogP contribution in [0.5, 0.6) is 0 Å². The smallest absolute Gasteiger partial charge is 0.304 e. The van der Waals surface area contributed by atoms with Crippen molar-refractivity contribution in [3.63, 3.8) is 0 Å². The Labute approximate surface area is 207 Å². The maximum Gasteiger partial charge on any atom is 0.304 e. The van der Waals surface area contributed by atoms with Crippen molar-refractivity contribution in [1.82, 2.24) is 4.98 Å². The normalized spacial score (nSPS) is 11.7. The molecule has 0 bridgehead atoms. The zero-order chi connectivity index (χ0) is 24.1. The van der Waals surface area contributed by atoms with E-state index < -0.39 is 11.9 Å². The molecular weight excluding hydrogens is 468 g/mol. The first kappa shape index (κ1) is 23.7. The number of carboxylic acid groups (broad SMARTS) is 1. The predicted octanol–water partition coefficient (Wildman–Crippen LogP) is 6.43. The van der Waals surface area contributed by atoms with Crippen LogP contribution >= 0.6 is 22.9 Å². The molecule has 172 valence electrons. The molecule has 1 unspecified atom stereocenters. The van der Waals surface area contributed by atoms with Crippen LogP contribution < -0.4 is 4.90 Å². The molecule has 0 saturated heterocycles. The molecule has 0 aliphatic rings. The summed E-state index contributed by atoms with van der Waals surface area (Å²) in [6.07, 6.45) is 0.107. The van der Waals surface area contributed by atoms with Crippen LogP contribution in [0.15, 0.2) is 84.2 Å². The molecular formula is C27H23ClN2O3S. The van der Waals surface area contributed by atoms with Crippen LogP contribution in [0.1, 0.15) is 12.0 Å². The second kappa shape index (κ2) is 10.6. The van der Waals surface area contributed by atoms with E-state index in [1.807, 2.05) is 84.2 Å². The van der Waals surface area contributed by atoms with Crippen LogP contribution in [0.4, 0.5) is 5.13 Å². The summed E-state index contributed by atoms with van der Waals surface area (Å²) in [5, 5.41) is 12.4. The van der Waals surface area contributed by atoms with Crippen molar-refractivity contribution in [3.8, 4) is 22.4 Å². The number of hydrogen-bond donors (Lipinski definition) is 1. The lowest BCUT2D eigenvalue weighted by atomic mass is 9.95. The molecule has 1 aromatic heterocycles. The zero-order valence-electron chi connectivity index (χ0n) is 18.5. The third-order valence-electron chi connectivity index (χ3n) is 5.57. The highest BCUT2D eigenvalue weighted by Crippen LogP contribution is 2.37. The Kier molecular flexibility index (Phi) is 7.40. The van der Waals surface area contributed by atoms with E-state index in [-0.39, 0.29) is 12.3 Å². The van der Waals surface area contributed by atoms with Crippen LogP contribution in [0.2, 0.25) is 5.02 Å². The van der Waals surface area contributed by atoms with Crippen LogP contribution in [-0.4, -0.2) is 29.0 Å². The lowest BCUT2D eigenvalue weighted by molar-refractivity contribution is -0.140. The first-order valence-corrected chi connectivity index (χ1v) is 12.0. The Morgan fingerprint density at radius 3 is 2.24 bits per heavy atom. The maximum absolute atomic E-state index is 13.3. The van der Waals surface area contributed by atoms with Crippen LogP contribution in [0.25, 0.3) is 22.4 Å². The van der Waals surface area contributed by atoms with E-state index in [9.17, 15) is 14.7 Å². The SMILES string of the molecule is CN(C(=O)C(CC(=O)O)Cc1ccccc1)c1nc(-c2ccccc2-c2ccccc2Cl)cs1. The van der Waals surface area contributed by atoms with E-state index in [1.165, 1.54) is 16.2 Å². The van der Waals surface area contributed by atoms with Gasteiger partial charge in [0, 0.05) is 28.6 Å². The second-order valence-electron chi connectivity index (χ2n) is 7.92. The highest BCUT2D eigenvalue weighted by Gasteiger charge is 2.27.